The van der Waals surface area contributed by atoms with E-state index in [2.05, 4.69) is 5.32 Å². The molecule has 0 radical (unpaired) electrons. The lowest BCUT2D eigenvalue weighted by Gasteiger charge is -2.19. The number of halogens is 3. The smallest absolute Gasteiger partial charge is 0.378 e. The average molecular weight is 416 g/mol. The van der Waals surface area contributed by atoms with Crippen molar-refractivity contribution in [3.8, 4) is 0 Å². The van der Waals surface area contributed by atoms with Gasteiger partial charge in [-0.05, 0) is 34.0 Å². The fraction of sp³-hybridized carbons (Fsp3) is 0.182. The molecule has 156 valence electrons. The van der Waals surface area contributed by atoms with Gasteiger partial charge in [-0.15, -0.1) is 0 Å². The Hall–Kier alpha value is -3.39. The maximum atomic E-state index is 12.7. The van der Waals surface area contributed by atoms with Crippen LogP contribution in [0.2, 0.25) is 0 Å². The van der Waals surface area contributed by atoms with E-state index in [1.54, 1.807) is 6.07 Å². The van der Waals surface area contributed by atoms with Crippen molar-refractivity contribution in [2.75, 3.05) is 0 Å². The van der Waals surface area contributed by atoms with E-state index in [9.17, 15) is 27.9 Å². The van der Waals surface area contributed by atoms with Crippen molar-refractivity contribution in [2.45, 2.75) is 24.7 Å². The molecule has 0 spiro atoms. The topological polar surface area (TPSA) is 92.4 Å². The van der Waals surface area contributed by atoms with Gasteiger partial charge in [-0.3, -0.25) is 9.59 Å². The van der Waals surface area contributed by atoms with Crippen molar-refractivity contribution in [1.29, 1.82) is 0 Å². The molecule has 0 aliphatic heterocycles. The third kappa shape index (κ3) is 4.96. The highest BCUT2D eigenvalue weighted by Crippen LogP contribution is 2.30. The van der Waals surface area contributed by atoms with Crippen molar-refractivity contribution in [2.24, 2.45) is 5.73 Å². The van der Waals surface area contributed by atoms with Crippen molar-refractivity contribution >= 4 is 22.6 Å². The zero-order valence-corrected chi connectivity index (χ0v) is 15.7. The van der Waals surface area contributed by atoms with Gasteiger partial charge in [0.25, 0.3) is 5.91 Å². The van der Waals surface area contributed by atoms with Crippen LogP contribution in [-0.4, -0.2) is 23.0 Å². The van der Waals surface area contributed by atoms with E-state index in [1.807, 2.05) is 36.4 Å². The molecule has 0 heterocycles. The number of amides is 2. The molecule has 0 aliphatic rings. The van der Waals surface area contributed by atoms with Crippen molar-refractivity contribution in [1.82, 2.24) is 5.32 Å². The van der Waals surface area contributed by atoms with Gasteiger partial charge in [0.15, 0.2) is 6.10 Å². The second-order valence-corrected chi connectivity index (χ2v) is 6.87. The van der Waals surface area contributed by atoms with Crippen LogP contribution in [0.1, 0.15) is 22.8 Å². The third-order valence-corrected chi connectivity index (χ3v) is 4.72. The number of carbonyl (C=O) groups excluding carboxylic acids is 2. The predicted octanol–water partition coefficient (Wildman–Crippen LogP) is 3.10. The van der Waals surface area contributed by atoms with Gasteiger partial charge in [-0.1, -0.05) is 54.6 Å². The largest absolute Gasteiger partial charge is 0.416 e. The second kappa shape index (κ2) is 8.54. The van der Waals surface area contributed by atoms with Crippen LogP contribution in [0.15, 0.2) is 66.7 Å². The van der Waals surface area contributed by atoms with Crippen LogP contribution in [0.5, 0.6) is 0 Å². The summed E-state index contributed by atoms with van der Waals surface area (Å²) >= 11 is 0. The van der Waals surface area contributed by atoms with Crippen LogP contribution in [0.25, 0.3) is 10.8 Å². The fourth-order valence-corrected chi connectivity index (χ4v) is 3.08. The Bertz CT molecular complexity index is 1070. The Labute approximate surface area is 170 Å². The van der Waals surface area contributed by atoms with Gasteiger partial charge in [0.2, 0.25) is 5.91 Å². The predicted molar refractivity (Wildman–Crippen MR) is 105 cm³/mol. The highest BCUT2D eigenvalue weighted by Gasteiger charge is 2.31. The Morgan fingerprint density at radius 3 is 2.20 bits per heavy atom. The van der Waals surface area contributed by atoms with Gasteiger partial charge >= 0.3 is 6.18 Å². The lowest BCUT2D eigenvalue weighted by Crippen LogP contribution is -2.47. The molecule has 0 unspecified atom stereocenters. The molecule has 8 heteroatoms. The molecule has 3 aromatic carbocycles. The zero-order valence-electron chi connectivity index (χ0n) is 15.7. The highest BCUT2D eigenvalue weighted by atomic mass is 19.4. The molecule has 2 amide bonds. The molecule has 0 saturated heterocycles. The monoisotopic (exact) mass is 416 g/mol. The van der Waals surface area contributed by atoms with Gasteiger partial charge in [0.05, 0.1) is 5.56 Å². The van der Waals surface area contributed by atoms with E-state index in [0.29, 0.717) is 0 Å². The van der Waals surface area contributed by atoms with Gasteiger partial charge in [0, 0.05) is 6.42 Å². The lowest BCUT2D eigenvalue weighted by molar-refractivity contribution is -0.137. The van der Waals surface area contributed by atoms with Gasteiger partial charge in [0.1, 0.15) is 6.04 Å². The lowest BCUT2D eigenvalue weighted by atomic mass is 10.0. The quantitative estimate of drug-likeness (QED) is 0.577. The number of hydrogen-bond acceptors (Lipinski definition) is 3. The van der Waals surface area contributed by atoms with Crippen LogP contribution in [-0.2, 0) is 22.2 Å². The summed E-state index contributed by atoms with van der Waals surface area (Å²) in [4.78, 5) is 24.2. The van der Waals surface area contributed by atoms with Crippen LogP contribution in [0.3, 0.4) is 0 Å². The summed E-state index contributed by atoms with van der Waals surface area (Å²) in [6.45, 7) is 0. The first-order chi connectivity index (χ1) is 14.1. The number of rotatable bonds is 6. The molecule has 0 aromatic heterocycles. The van der Waals surface area contributed by atoms with E-state index in [1.165, 1.54) is 0 Å². The van der Waals surface area contributed by atoms with Gasteiger partial charge in [-0.2, -0.15) is 13.2 Å². The Balaban J connectivity index is 1.72. The molecule has 5 nitrogen and oxygen atoms in total. The summed E-state index contributed by atoms with van der Waals surface area (Å²) in [5.74, 6) is -1.73. The molecule has 0 saturated carbocycles. The molecule has 0 bridgehead atoms. The summed E-state index contributed by atoms with van der Waals surface area (Å²) in [5, 5.41) is 14.5. The van der Waals surface area contributed by atoms with E-state index >= 15 is 0 Å². The Kier molecular flexibility index (Phi) is 6.07. The summed E-state index contributed by atoms with van der Waals surface area (Å²) < 4.78 is 38.0. The minimum Gasteiger partial charge on any atom is -0.378 e. The number of aliphatic hydroxyl groups excluding tert-OH is 1. The summed E-state index contributed by atoms with van der Waals surface area (Å²) in [7, 11) is 0. The molecular weight excluding hydrogens is 397 g/mol. The number of aliphatic hydroxyl groups is 1. The maximum absolute atomic E-state index is 12.7. The van der Waals surface area contributed by atoms with E-state index in [0.717, 1.165) is 40.6 Å². The number of alkyl halides is 3. The number of nitrogens with two attached hydrogens (primary N) is 1. The molecule has 0 fully saturated rings. The summed E-state index contributed by atoms with van der Waals surface area (Å²) in [6.07, 6.45) is -6.17. The maximum Gasteiger partial charge on any atom is 0.416 e. The van der Waals surface area contributed by atoms with E-state index in [-0.39, 0.29) is 12.0 Å². The molecular formula is C22H19F3N2O3. The van der Waals surface area contributed by atoms with Crippen molar-refractivity contribution in [3.05, 3.63) is 83.4 Å². The van der Waals surface area contributed by atoms with Crippen molar-refractivity contribution < 1.29 is 27.9 Å². The number of nitrogens with one attached hydrogen (secondary N) is 1. The standard InChI is InChI=1S/C22H19F3N2O3/c23-22(24,25)17-9-7-15(8-10-17)19(28)21(30)27-18(20(26)29)12-13-5-6-14-3-1-2-4-16(14)11-13/h1-11,18-19,28H,12H2,(H2,26,29)(H,27,30)/t18-,19-/m1/s1. The summed E-state index contributed by atoms with van der Waals surface area (Å²) in [5.41, 5.74) is 5.21. The minimum absolute atomic E-state index is 0.0329. The first kappa shape index (κ1) is 21.3. The highest BCUT2D eigenvalue weighted by molar-refractivity contribution is 5.89. The van der Waals surface area contributed by atoms with Crippen LogP contribution in [0.4, 0.5) is 13.2 Å². The second-order valence-electron chi connectivity index (χ2n) is 6.87. The van der Waals surface area contributed by atoms with E-state index < -0.39 is 35.7 Å². The fourth-order valence-electron chi connectivity index (χ4n) is 3.08. The molecule has 0 aliphatic carbocycles. The number of carbonyl (C=O) groups is 2. The number of benzene rings is 3. The first-order valence-electron chi connectivity index (χ1n) is 9.08. The number of fused-ring (bicyclic) bond motifs is 1. The SMILES string of the molecule is NC(=O)[C@@H](Cc1ccc2ccccc2c1)NC(=O)[C@H](O)c1ccc(C(F)(F)F)cc1. The minimum atomic E-state index is -4.53. The first-order valence-corrected chi connectivity index (χ1v) is 9.08. The number of hydrogen-bond donors (Lipinski definition) is 3. The third-order valence-electron chi connectivity index (χ3n) is 4.72. The van der Waals surface area contributed by atoms with Gasteiger partial charge in [-0.25, -0.2) is 0 Å². The molecule has 3 aromatic rings. The molecule has 3 rings (SSSR count). The van der Waals surface area contributed by atoms with Gasteiger partial charge < -0.3 is 16.2 Å². The van der Waals surface area contributed by atoms with Crippen LogP contribution >= 0.6 is 0 Å². The number of primary amides is 1. The zero-order chi connectivity index (χ0) is 21.9. The Morgan fingerprint density at radius 1 is 0.967 bits per heavy atom. The normalized spacial score (nSPS) is 13.6. The van der Waals surface area contributed by atoms with Crippen LogP contribution < -0.4 is 11.1 Å². The molecule has 30 heavy (non-hydrogen) atoms. The van der Waals surface area contributed by atoms with Crippen molar-refractivity contribution in [3.63, 3.8) is 0 Å². The molecule has 4 N–H and O–H groups in total. The average Bonchev–Trinajstić information content (AvgIpc) is 2.72. The summed E-state index contributed by atoms with van der Waals surface area (Å²) in [6, 6.07) is 15.6. The Morgan fingerprint density at radius 2 is 1.60 bits per heavy atom. The molecule has 2 atom stereocenters. The van der Waals surface area contributed by atoms with E-state index in [4.69, 9.17) is 5.73 Å². The van der Waals surface area contributed by atoms with Crippen LogP contribution in [0, 0.1) is 0 Å².